The minimum atomic E-state index is -3.38. The minimum Gasteiger partial charge on any atom is -0.387 e. The molecule has 0 radical (unpaired) electrons. The van der Waals surface area contributed by atoms with Gasteiger partial charge in [-0.15, -0.1) is 0 Å². The quantitative estimate of drug-likeness (QED) is 0.819. The molecule has 0 bridgehead atoms. The SMILES string of the molecule is CC(c1ccccc1F)N1CCCC(NC(=O)N2CCC(O)C(F)(F)C2)C1=O. The van der Waals surface area contributed by atoms with Crippen molar-refractivity contribution in [3.8, 4) is 0 Å². The Hall–Kier alpha value is -2.29. The van der Waals surface area contributed by atoms with Gasteiger partial charge in [0.05, 0.1) is 12.6 Å². The van der Waals surface area contributed by atoms with Crippen LogP contribution in [0, 0.1) is 5.82 Å². The average Bonchev–Trinajstić information content (AvgIpc) is 2.65. The molecular formula is C19H24F3N3O3. The Bertz CT molecular complexity index is 746. The third-order valence-corrected chi connectivity index (χ3v) is 5.44. The topological polar surface area (TPSA) is 72.9 Å². The van der Waals surface area contributed by atoms with E-state index in [1.54, 1.807) is 25.1 Å². The van der Waals surface area contributed by atoms with Gasteiger partial charge < -0.3 is 20.2 Å². The predicted molar refractivity (Wildman–Crippen MR) is 95.2 cm³/mol. The molecule has 0 aliphatic carbocycles. The van der Waals surface area contributed by atoms with Crippen LogP contribution in [0.15, 0.2) is 24.3 Å². The standard InChI is InChI=1S/C19H24F3N3O3/c1-12(13-5-2-3-6-14(13)20)25-9-4-7-15(17(25)27)23-18(28)24-10-8-16(26)19(21,22)11-24/h2-3,5-6,12,15-16,26H,4,7-11H2,1H3,(H,23,28). The van der Waals surface area contributed by atoms with Crippen molar-refractivity contribution < 1.29 is 27.9 Å². The first kappa shape index (κ1) is 20.4. The number of carbonyl (C=O) groups excluding carboxylic acids is 2. The molecular weight excluding hydrogens is 375 g/mol. The van der Waals surface area contributed by atoms with Crippen LogP contribution in [-0.4, -0.2) is 64.5 Å². The number of urea groups is 1. The van der Waals surface area contributed by atoms with Crippen molar-refractivity contribution in [2.45, 2.75) is 50.3 Å². The Labute approximate surface area is 161 Å². The van der Waals surface area contributed by atoms with E-state index in [2.05, 4.69) is 5.32 Å². The number of carbonyl (C=O) groups is 2. The van der Waals surface area contributed by atoms with E-state index in [1.807, 2.05) is 0 Å². The number of aliphatic hydroxyl groups is 1. The number of nitrogens with zero attached hydrogens (tertiary/aromatic N) is 2. The van der Waals surface area contributed by atoms with Crippen molar-refractivity contribution in [3.63, 3.8) is 0 Å². The number of aliphatic hydroxyl groups excluding tert-OH is 1. The number of hydrogen-bond acceptors (Lipinski definition) is 3. The summed E-state index contributed by atoms with van der Waals surface area (Å²) < 4.78 is 41.4. The van der Waals surface area contributed by atoms with Gasteiger partial charge in [-0.25, -0.2) is 18.0 Å². The lowest BCUT2D eigenvalue weighted by atomic mass is 9.99. The molecule has 2 aliphatic rings. The van der Waals surface area contributed by atoms with Crippen molar-refractivity contribution in [3.05, 3.63) is 35.6 Å². The molecule has 6 nitrogen and oxygen atoms in total. The van der Waals surface area contributed by atoms with Gasteiger partial charge in [-0.2, -0.15) is 0 Å². The van der Waals surface area contributed by atoms with Crippen LogP contribution in [0.5, 0.6) is 0 Å². The Morgan fingerprint density at radius 3 is 2.68 bits per heavy atom. The number of halogens is 3. The van der Waals surface area contributed by atoms with Crippen LogP contribution in [0.3, 0.4) is 0 Å². The molecule has 2 aliphatic heterocycles. The molecule has 0 spiro atoms. The van der Waals surface area contributed by atoms with E-state index in [0.29, 0.717) is 24.9 Å². The first-order chi connectivity index (χ1) is 13.2. The summed E-state index contributed by atoms with van der Waals surface area (Å²) in [5.41, 5.74) is 0.382. The minimum absolute atomic E-state index is 0.0150. The van der Waals surface area contributed by atoms with Crippen molar-refractivity contribution >= 4 is 11.9 Å². The molecule has 3 rings (SSSR count). The molecule has 2 fully saturated rings. The fraction of sp³-hybridized carbons (Fsp3) is 0.579. The molecule has 9 heteroatoms. The number of hydrogen-bond donors (Lipinski definition) is 2. The maximum absolute atomic E-state index is 14.1. The normalized spacial score (nSPS) is 26.1. The lowest BCUT2D eigenvalue weighted by Crippen LogP contribution is -2.59. The van der Waals surface area contributed by atoms with Gasteiger partial charge in [-0.05, 0) is 32.3 Å². The average molecular weight is 399 g/mol. The molecule has 2 N–H and O–H groups in total. The van der Waals surface area contributed by atoms with Gasteiger partial charge in [-0.3, -0.25) is 4.79 Å². The van der Waals surface area contributed by atoms with Crippen molar-refractivity contribution in [1.82, 2.24) is 15.1 Å². The van der Waals surface area contributed by atoms with Crippen LogP contribution in [0.25, 0.3) is 0 Å². The van der Waals surface area contributed by atoms with Gasteiger partial charge in [0, 0.05) is 18.7 Å². The highest BCUT2D eigenvalue weighted by Crippen LogP contribution is 2.29. The van der Waals surface area contributed by atoms with Crippen molar-refractivity contribution in [1.29, 1.82) is 0 Å². The molecule has 0 saturated carbocycles. The molecule has 2 heterocycles. The lowest BCUT2D eigenvalue weighted by Gasteiger charge is -2.39. The number of amides is 3. The zero-order valence-corrected chi connectivity index (χ0v) is 15.6. The fourth-order valence-corrected chi connectivity index (χ4v) is 3.74. The summed E-state index contributed by atoms with van der Waals surface area (Å²) in [5, 5.41) is 11.9. The number of piperidine rings is 2. The van der Waals surface area contributed by atoms with Crippen molar-refractivity contribution in [2.24, 2.45) is 0 Å². The molecule has 3 unspecified atom stereocenters. The summed E-state index contributed by atoms with van der Waals surface area (Å²) in [4.78, 5) is 27.6. The van der Waals surface area contributed by atoms with Gasteiger partial charge in [0.2, 0.25) is 5.91 Å². The van der Waals surface area contributed by atoms with E-state index in [4.69, 9.17) is 0 Å². The van der Waals surface area contributed by atoms with E-state index in [-0.39, 0.29) is 18.9 Å². The lowest BCUT2D eigenvalue weighted by molar-refractivity contribution is -0.142. The molecule has 1 aromatic rings. The summed E-state index contributed by atoms with van der Waals surface area (Å²) in [6.07, 6.45) is -1.01. The Morgan fingerprint density at radius 1 is 1.29 bits per heavy atom. The Kier molecular flexibility index (Phi) is 5.83. The molecule has 2 saturated heterocycles. The maximum Gasteiger partial charge on any atom is 0.318 e. The van der Waals surface area contributed by atoms with Crippen LogP contribution in [0.2, 0.25) is 0 Å². The number of alkyl halides is 2. The van der Waals surface area contributed by atoms with E-state index >= 15 is 0 Å². The second-order valence-electron chi connectivity index (χ2n) is 7.36. The third-order valence-electron chi connectivity index (χ3n) is 5.44. The number of likely N-dealkylation sites (tertiary alicyclic amines) is 2. The van der Waals surface area contributed by atoms with Crippen LogP contribution in [-0.2, 0) is 4.79 Å². The second kappa shape index (κ2) is 7.98. The highest BCUT2D eigenvalue weighted by atomic mass is 19.3. The van der Waals surface area contributed by atoms with E-state index in [0.717, 1.165) is 4.90 Å². The van der Waals surface area contributed by atoms with Gasteiger partial charge in [-0.1, -0.05) is 18.2 Å². The first-order valence-electron chi connectivity index (χ1n) is 9.37. The summed E-state index contributed by atoms with van der Waals surface area (Å²) in [7, 11) is 0. The number of nitrogens with one attached hydrogen (secondary N) is 1. The maximum atomic E-state index is 14.1. The first-order valence-corrected chi connectivity index (χ1v) is 9.37. The van der Waals surface area contributed by atoms with Gasteiger partial charge in [0.25, 0.3) is 5.92 Å². The van der Waals surface area contributed by atoms with Crippen LogP contribution < -0.4 is 5.32 Å². The summed E-state index contributed by atoms with van der Waals surface area (Å²) in [6, 6.07) is 4.07. The van der Waals surface area contributed by atoms with Gasteiger partial charge in [0.15, 0.2) is 0 Å². The van der Waals surface area contributed by atoms with Gasteiger partial charge >= 0.3 is 6.03 Å². The second-order valence-corrected chi connectivity index (χ2v) is 7.36. The fourth-order valence-electron chi connectivity index (χ4n) is 3.74. The molecule has 1 aromatic carbocycles. The smallest absolute Gasteiger partial charge is 0.318 e. The van der Waals surface area contributed by atoms with E-state index < -0.39 is 42.5 Å². The molecule has 3 amide bonds. The summed E-state index contributed by atoms with van der Waals surface area (Å²) >= 11 is 0. The van der Waals surface area contributed by atoms with Crippen LogP contribution >= 0.6 is 0 Å². The zero-order chi connectivity index (χ0) is 20.5. The van der Waals surface area contributed by atoms with E-state index in [1.165, 1.54) is 11.0 Å². The number of benzene rings is 1. The molecule has 154 valence electrons. The highest BCUT2D eigenvalue weighted by molar-refractivity contribution is 5.88. The van der Waals surface area contributed by atoms with Gasteiger partial charge in [0.1, 0.15) is 18.0 Å². The van der Waals surface area contributed by atoms with Crippen molar-refractivity contribution in [2.75, 3.05) is 19.6 Å². The monoisotopic (exact) mass is 399 g/mol. The highest BCUT2D eigenvalue weighted by Gasteiger charge is 2.45. The summed E-state index contributed by atoms with van der Waals surface area (Å²) in [6.45, 7) is 1.23. The van der Waals surface area contributed by atoms with Crippen LogP contribution in [0.4, 0.5) is 18.0 Å². The Balaban J connectivity index is 1.66. The summed E-state index contributed by atoms with van der Waals surface area (Å²) in [5.74, 6) is -4.15. The molecule has 28 heavy (non-hydrogen) atoms. The molecule has 3 atom stereocenters. The zero-order valence-electron chi connectivity index (χ0n) is 15.6. The van der Waals surface area contributed by atoms with Crippen LogP contribution in [0.1, 0.15) is 37.8 Å². The third kappa shape index (κ3) is 4.09. The number of rotatable bonds is 3. The molecule has 0 aromatic heterocycles. The largest absolute Gasteiger partial charge is 0.387 e. The van der Waals surface area contributed by atoms with E-state index in [9.17, 15) is 27.9 Å². The Morgan fingerprint density at radius 2 is 2.00 bits per heavy atom. The predicted octanol–water partition coefficient (Wildman–Crippen LogP) is 2.29.